The Morgan fingerprint density at radius 2 is 1.88 bits per heavy atom. The summed E-state index contributed by atoms with van der Waals surface area (Å²) in [6, 6.07) is 9.96. The highest BCUT2D eigenvalue weighted by Crippen LogP contribution is 2.18. The molecule has 0 atom stereocenters. The molecule has 3 rings (SSSR count). The zero-order valence-corrected chi connectivity index (χ0v) is 14.9. The number of carbonyl (C=O) groups is 1. The summed E-state index contributed by atoms with van der Waals surface area (Å²) in [6.07, 6.45) is 4.57. The number of ether oxygens (including phenoxy) is 1. The van der Waals surface area contributed by atoms with Crippen LogP contribution in [0.3, 0.4) is 0 Å². The highest BCUT2D eigenvalue weighted by atomic mass is 32.2. The molecule has 0 radical (unpaired) electrons. The maximum Gasteiger partial charge on any atom is 0.244 e. The molecule has 0 bridgehead atoms. The number of rotatable bonds is 6. The summed E-state index contributed by atoms with van der Waals surface area (Å²) in [5.74, 6) is 0.413. The largest absolute Gasteiger partial charge is 0.467 e. The number of hydrogen-bond donors (Lipinski definition) is 1. The smallest absolute Gasteiger partial charge is 0.244 e. The Bertz CT molecular complexity index is 851. The monoisotopic (exact) mass is 376 g/mol. The lowest BCUT2D eigenvalue weighted by Gasteiger charge is -2.26. The van der Waals surface area contributed by atoms with Gasteiger partial charge in [-0.05, 0) is 35.9 Å². The van der Waals surface area contributed by atoms with Gasteiger partial charge in [0.15, 0.2) is 0 Å². The summed E-state index contributed by atoms with van der Waals surface area (Å²) in [5, 5.41) is 2.70. The van der Waals surface area contributed by atoms with Crippen molar-refractivity contribution in [3.05, 3.63) is 60.1 Å². The lowest BCUT2D eigenvalue weighted by molar-refractivity contribution is -0.116. The van der Waals surface area contributed by atoms with E-state index in [1.807, 2.05) is 0 Å². The predicted octanol–water partition coefficient (Wildman–Crippen LogP) is 1.63. The van der Waals surface area contributed by atoms with Gasteiger partial charge in [0.2, 0.25) is 15.9 Å². The van der Waals surface area contributed by atoms with E-state index in [9.17, 15) is 13.2 Å². The highest BCUT2D eigenvalue weighted by Gasteiger charge is 2.25. The molecule has 1 aliphatic rings. The third-order valence-electron chi connectivity index (χ3n) is 3.93. The lowest BCUT2D eigenvalue weighted by atomic mass is 10.2. The maximum absolute atomic E-state index is 12.5. The van der Waals surface area contributed by atoms with Gasteiger partial charge in [-0.25, -0.2) is 8.42 Å². The Balaban J connectivity index is 1.59. The molecule has 1 aliphatic heterocycles. The third-order valence-corrected chi connectivity index (χ3v) is 5.84. The summed E-state index contributed by atoms with van der Waals surface area (Å²) in [5.41, 5.74) is 0.735. The van der Waals surface area contributed by atoms with E-state index in [1.165, 1.54) is 10.4 Å². The summed E-state index contributed by atoms with van der Waals surface area (Å²) in [4.78, 5) is 12.0. The zero-order chi connectivity index (χ0) is 18.4. The van der Waals surface area contributed by atoms with Crippen LogP contribution in [-0.4, -0.2) is 44.9 Å². The van der Waals surface area contributed by atoms with Crippen molar-refractivity contribution in [3.8, 4) is 0 Å². The second-order valence-corrected chi connectivity index (χ2v) is 7.65. The first-order valence-corrected chi connectivity index (χ1v) is 9.66. The number of morpholine rings is 1. The first-order valence-electron chi connectivity index (χ1n) is 8.22. The number of sulfonamides is 1. The van der Waals surface area contributed by atoms with E-state index in [0.717, 1.165) is 5.56 Å². The SMILES string of the molecule is O=C(/C=C/c1ccc(S(=O)(=O)N2CCOCC2)cc1)NCc1ccco1. The van der Waals surface area contributed by atoms with Gasteiger partial charge in [0.05, 0.1) is 30.9 Å². The van der Waals surface area contributed by atoms with Crippen LogP contribution in [0.5, 0.6) is 0 Å². The Morgan fingerprint density at radius 1 is 1.15 bits per heavy atom. The summed E-state index contributed by atoms with van der Waals surface area (Å²) in [7, 11) is -3.50. The molecular formula is C18H20N2O5S. The van der Waals surface area contributed by atoms with E-state index in [1.54, 1.807) is 48.7 Å². The quantitative estimate of drug-likeness (QED) is 0.774. The number of hydrogen-bond acceptors (Lipinski definition) is 5. The molecule has 1 aromatic carbocycles. The molecule has 1 N–H and O–H groups in total. The third kappa shape index (κ3) is 4.60. The molecule has 7 nitrogen and oxygen atoms in total. The summed E-state index contributed by atoms with van der Waals surface area (Å²) in [6.45, 7) is 1.85. The van der Waals surface area contributed by atoms with Crippen LogP contribution in [0.2, 0.25) is 0 Å². The van der Waals surface area contributed by atoms with Gasteiger partial charge >= 0.3 is 0 Å². The number of nitrogens with zero attached hydrogens (tertiary/aromatic N) is 1. The van der Waals surface area contributed by atoms with Crippen molar-refractivity contribution >= 4 is 22.0 Å². The molecule has 2 aromatic rings. The number of benzene rings is 1. The fourth-order valence-corrected chi connectivity index (χ4v) is 3.91. The molecule has 1 aromatic heterocycles. The van der Waals surface area contributed by atoms with Crippen LogP contribution in [0.4, 0.5) is 0 Å². The minimum Gasteiger partial charge on any atom is -0.467 e. The minimum atomic E-state index is -3.50. The average Bonchev–Trinajstić information content (AvgIpc) is 3.19. The molecule has 0 spiro atoms. The van der Waals surface area contributed by atoms with Crippen molar-refractivity contribution in [2.45, 2.75) is 11.4 Å². The van der Waals surface area contributed by atoms with E-state index < -0.39 is 10.0 Å². The van der Waals surface area contributed by atoms with Crippen molar-refractivity contribution in [2.75, 3.05) is 26.3 Å². The van der Waals surface area contributed by atoms with Crippen LogP contribution < -0.4 is 5.32 Å². The molecule has 138 valence electrons. The van der Waals surface area contributed by atoms with Crippen LogP contribution in [0.25, 0.3) is 6.08 Å². The first-order chi connectivity index (χ1) is 12.6. The first kappa shape index (κ1) is 18.4. The molecule has 26 heavy (non-hydrogen) atoms. The summed E-state index contributed by atoms with van der Waals surface area (Å²) >= 11 is 0. The molecule has 0 aliphatic carbocycles. The molecule has 0 saturated carbocycles. The summed E-state index contributed by atoms with van der Waals surface area (Å²) < 4.78 is 36.8. The minimum absolute atomic E-state index is 0.235. The number of furan rings is 1. The van der Waals surface area contributed by atoms with Crippen molar-refractivity contribution in [2.24, 2.45) is 0 Å². The van der Waals surface area contributed by atoms with Crippen LogP contribution >= 0.6 is 0 Å². The topological polar surface area (TPSA) is 88.9 Å². The van der Waals surface area contributed by atoms with Crippen molar-refractivity contribution < 1.29 is 22.4 Å². The second kappa shape index (κ2) is 8.31. The van der Waals surface area contributed by atoms with Crippen LogP contribution in [-0.2, 0) is 26.1 Å². The van der Waals surface area contributed by atoms with E-state index in [-0.39, 0.29) is 10.8 Å². The number of amides is 1. The zero-order valence-electron chi connectivity index (χ0n) is 14.1. The van der Waals surface area contributed by atoms with Crippen molar-refractivity contribution in [1.82, 2.24) is 9.62 Å². The Kier molecular flexibility index (Phi) is 5.87. The average molecular weight is 376 g/mol. The predicted molar refractivity (Wildman–Crippen MR) is 95.6 cm³/mol. The standard InChI is InChI=1S/C18H20N2O5S/c21-18(19-14-16-2-1-11-25-16)8-5-15-3-6-17(7-4-15)26(22,23)20-9-12-24-13-10-20/h1-8,11H,9-10,12-14H2,(H,19,21)/b8-5+. The van der Waals surface area contributed by atoms with E-state index in [4.69, 9.17) is 9.15 Å². The van der Waals surface area contributed by atoms with Gasteiger partial charge in [0.25, 0.3) is 0 Å². The number of nitrogens with one attached hydrogen (secondary N) is 1. The van der Waals surface area contributed by atoms with E-state index in [0.29, 0.717) is 38.6 Å². The molecule has 1 saturated heterocycles. The Labute approximate surface area is 152 Å². The van der Waals surface area contributed by atoms with Crippen LogP contribution in [0.1, 0.15) is 11.3 Å². The van der Waals surface area contributed by atoms with Crippen molar-refractivity contribution in [1.29, 1.82) is 0 Å². The van der Waals surface area contributed by atoms with Gasteiger partial charge in [-0.2, -0.15) is 4.31 Å². The Hall–Kier alpha value is -2.42. The maximum atomic E-state index is 12.5. The van der Waals surface area contributed by atoms with Gasteiger partial charge in [0, 0.05) is 19.2 Å². The van der Waals surface area contributed by atoms with Crippen LogP contribution in [0.15, 0.2) is 58.1 Å². The molecule has 8 heteroatoms. The molecule has 0 unspecified atom stereocenters. The van der Waals surface area contributed by atoms with E-state index in [2.05, 4.69) is 5.32 Å². The molecule has 2 heterocycles. The molecular weight excluding hydrogens is 356 g/mol. The van der Waals surface area contributed by atoms with Gasteiger partial charge in [-0.3, -0.25) is 4.79 Å². The number of carbonyl (C=O) groups excluding carboxylic acids is 1. The fraction of sp³-hybridized carbons (Fsp3) is 0.278. The fourth-order valence-electron chi connectivity index (χ4n) is 2.51. The second-order valence-electron chi connectivity index (χ2n) is 5.72. The van der Waals surface area contributed by atoms with Gasteiger partial charge in [0.1, 0.15) is 5.76 Å². The van der Waals surface area contributed by atoms with Gasteiger partial charge in [-0.1, -0.05) is 12.1 Å². The highest BCUT2D eigenvalue weighted by molar-refractivity contribution is 7.89. The lowest BCUT2D eigenvalue weighted by Crippen LogP contribution is -2.40. The van der Waals surface area contributed by atoms with Gasteiger partial charge < -0.3 is 14.5 Å². The van der Waals surface area contributed by atoms with E-state index >= 15 is 0 Å². The molecule has 1 amide bonds. The molecule has 1 fully saturated rings. The normalized spacial score (nSPS) is 16.0. The Morgan fingerprint density at radius 3 is 2.54 bits per heavy atom. The van der Waals surface area contributed by atoms with Crippen LogP contribution in [0, 0.1) is 0 Å². The van der Waals surface area contributed by atoms with Gasteiger partial charge in [-0.15, -0.1) is 0 Å². The van der Waals surface area contributed by atoms with Crippen molar-refractivity contribution in [3.63, 3.8) is 0 Å².